The van der Waals surface area contributed by atoms with Crippen LogP contribution in [0.4, 0.5) is 4.39 Å². The molecule has 0 saturated carbocycles. The van der Waals surface area contributed by atoms with Crippen LogP contribution in [0, 0.1) is 11.7 Å². The predicted molar refractivity (Wildman–Crippen MR) is 76.0 cm³/mol. The quantitative estimate of drug-likeness (QED) is 0.915. The van der Waals surface area contributed by atoms with Gasteiger partial charge in [-0.3, -0.25) is 0 Å². The van der Waals surface area contributed by atoms with Crippen molar-refractivity contribution in [1.82, 2.24) is 10.1 Å². The van der Waals surface area contributed by atoms with Gasteiger partial charge in [-0.2, -0.15) is 4.98 Å². The van der Waals surface area contributed by atoms with Gasteiger partial charge in [0.25, 0.3) is 0 Å². The van der Waals surface area contributed by atoms with Crippen molar-refractivity contribution in [2.24, 2.45) is 11.7 Å². The van der Waals surface area contributed by atoms with Crippen molar-refractivity contribution < 1.29 is 8.91 Å². The average molecular weight is 298 g/mol. The molecule has 2 aromatic rings. The molecule has 1 atom stereocenters. The number of nitrogens with zero attached hydrogens (tertiary/aromatic N) is 2. The van der Waals surface area contributed by atoms with Crippen LogP contribution in [0.15, 0.2) is 22.7 Å². The molecule has 1 heterocycles. The molecule has 1 aromatic heterocycles. The highest BCUT2D eigenvalue weighted by Gasteiger charge is 2.20. The van der Waals surface area contributed by atoms with E-state index in [1.807, 2.05) is 0 Å². The smallest absolute Gasteiger partial charge is 0.231 e. The highest BCUT2D eigenvalue weighted by atomic mass is 35.5. The monoisotopic (exact) mass is 297 g/mol. The highest BCUT2D eigenvalue weighted by molar-refractivity contribution is 6.33. The fourth-order valence-corrected chi connectivity index (χ4v) is 2.30. The van der Waals surface area contributed by atoms with Gasteiger partial charge in [-0.1, -0.05) is 30.6 Å². The second-order valence-corrected chi connectivity index (χ2v) is 5.55. The molecule has 2 rings (SSSR count). The van der Waals surface area contributed by atoms with E-state index in [9.17, 15) is 4.39 Å². The van der Waals surface area contributed by atoms with Gasteiger partial charge >= 0.3 is 0 Å². The summed E-state index contributed by atoms with van der Waals surface area (Å²) in [6.45, 7) is 4.66. The summed E-state index contributed by atoms with van der Waals surface area (Å²) in [5, 5.41) is 4.16. The number of aromatic nitrogens is 2. The van der Waals surface area contributed by atoms with E-state index in [2.05, 4.69) is 24.0 Å². The summed E-state index contributed by atoms with van der Waals surface area (Å²) >= 11 is 5.98. The van der Waals surface area contributed by atoms with Crippen LogP contribution in [0.1, 0.15) is 32.1 Å². The zero-order valence-corrected chi connectivity index (χ0v) is 12.2. The lowest BCUT2D eigenvalue weighted by atomic mass is 9.97. The lowest BCUT2D eigenvalue weighted by molar-refractivity contribution is 0.335. The maximum absolute atomic E-state index is 13.0. The molecule has 6 heteroatoms. The third kappa shape index (κ3) is 3.35. The second-order valence-electron chi connectivity index (χ2n) is 5.14. The van der Waals surface area contributed by atoms with Crippen LogP contribution in [0.5, 0.6) is 0 Å². The first-order chi connectivity index (χ1) is 9.51. The van der Waals surface area contributed by atoms with Gasteiger partial charge in [0.2, 0.25) is 11.7 Å². The summed E-state index contributed by atoms with van der Waals surface area (Å²) in [7, 11) is 0. The van der Waals surface area contributed by atoms with Gasteiger partial charge in [-0.15, -0.1) is 0 Å². The Morgan fingerprint density at radius 3 is 2.75 bits per heavy atom. The first-order valence-corrected chi connectivity index (χ1v) is 6.88. The summed E-state index contributed by atoms with van der Waals surface area (Å²) in [5.74, 6) is 0.953. The molecule has 0 spiro atoms. The van der Waals surface area contributed by atoms with Gasteiger partial charge in [0, 0.05) is 12.1 Å². The Balaban J connectivity index is 2.27. The summed E-state index contributed by atoms with van der Waals surface area (Å²) in [6.07, 6.45) is 0.870. The molecule has 20 heavy (non-hydrogen) atoms. The zero-order chi connectivity index (χ0) is 14.7. The summed E-state index contributed by atoms with van der Waals surface area (Å²) < 4.78 is 18.3. The Labute approximate surface area is 122 Å². The van der Waals surface area contributed by atoms with E-state index < -0.39 is 5.82 Å². The Bertz CT molecular complexity index is 586. The molecule has 4 nitrogen and oxygen atoms in total. The number of hydrogen-bond acceptors (Lipinski definition) is 4. The molecule has 1 unspecified atom stereocenters. The minimum absolute atomic E-state index is 0.0236. The maximum atomic E-state index is 13.0. The summed E-state index contributed by atoms with van der Waals surface area (Å²) in [5.41, 5.74) is 6.29. The molecule has 108 valence electrons. The summed E-state index contributed by atoms with van der Waals surface area (Å²) in [6, 6.07) is 4.07. The van der Waals surface area contributed by atoms with E-state index >= 15 is 0 Å². The van der Waals surface area contributed by atoms with Crippen LogP contribution in [-0.2, 0) is 0 Å². The van der Waals surface area contributed by atoms with E-state index in [0.29, 0.717) is 29.7 Å². The van der Waals surface area contributed by atoms with E-state index in [4.69, 9.17) is 21.9 Å². The number of hydrogen-bond donors (Lipinski definition) is 1. The predicted octanol–water partition coefficient (Wildman–Crippen LogP) is 3.62. The van der Waals surface area contributed by atoms with Crippen molar-refractivity contribution in [3.8, 4) is 11.4 Å². The van der Waals surface area contributed by atoms with Crippen molar-refractivity contribution in [2.75, 3.05) is 6.54 Å². The minimum Gasteiger partial charge on any atom is -0.339 e. The number of halogens is 2. The summed E-state index contributed by atoms with van der Waals surface area (Å²) in [4.78, 5) is 4.33. The molecule has 0 radical (unpaired) electrons. The van der Waals surface area contributed by atoms with Crippen LogP contribution in [0.25, 0.3) is 11.4 Å². The third-order valence-corrected chi connectivity index (χ3v) is 3.32. The number of nitrogens with two attached hydrogens (primary N) is 1. The van der Waals surface area contributed by atoms with Crippen LogP contribution < -0.4 is 5.73 Å². The van der Waals surface area contributed by atoms with E-state index in [1.165, 1.54) is 18.2 Å². The molecule has 0 bridgehead atoms. The van der Waals surface area contributed by atoms with Gasteiger partial charge in [-0.25, -0.2) is 4.39 Å². The normalized spacial score (nSPS) is 12.9. The Morgan fingerprint density at radius 1 is 1.40 bits per heavy atom. The molecular formula is C14H17ClFN3O. The van der Waals surface area contributed by atoms with Crippen LogP contribution in [0.2, 0.25) is 5.02 Å². The van der Waals surface area contributed by atoms with Crippen LogP contribution in [0.3, 0.4) is 0 Å². The zero-order valence-electron chi connectivity index (χ0n) is 11.4. The molecule has 0 aliphatic heterocycles. The van der Waals surface area contributed by atoms with Gasteiger partial charge in [0.05, 0.1) is 10.9 Å². The van der Waals surface area contributed by atoms with Crippen molar-refractivity contribution >= 4 is 11.6 Å². The Hall–Kier alpha value is -1.46. The average Bonchev–Trinajstić information content (AvgIpc) is 2.85. The molecule has 1 aromatic carbocycles. The largest absolute Gasteiger partial charge is 0.339 e. The lowest BCUT2D eigenvalue weighted by Gasteiger charge is -2.11. The highest BCUT2D eigenvalue weighted by Crippen LogP contribution is 2.28. The van der Waals surface area contributed by atoms with Gasteiger partial charge in [-0.05, 0) is 30.5 Å². The van der Waals surface area contributed by atoms with Gasteiger partial charge < -0.3 is 10.3 Å². The van der Waals surface area contributed by atoms with E-state index in [1.54, 1.807) is 0 Å². The van der Waals surface area contributed by atoms with Crippen LogP contribution >= 0.6 is 11.6 Å². The molecule has 0 saturated heterocycles. The molecule has 0 fully saturated rings. The van der Waals surface area contributed by atoms with E-state index in [0.717, 1.165) is 6.42 Å². The Morgan fingerprint density at radius 2 is 2.15 bits per heavy atom. The number of rotatable bonds is 5. The van der Waals surface area contributed by atoms with Crippen molar-refractivity contribution in [3.05, 3.63) is 34.9 Å². The molecule has 0 aliphatic carbocycles. The lowest BCUT2D eigenvalue weighted by Crippen LogP contribution is -2.15. The van der Waals surface area contributed by atoms with Crippen molar-refractivity contribution in [2.45, 2.75) is 26.2 Å². The van der Waals surface area contributed by atoms with Gasteiger partial charge in [0.1, 0.15) is 5.82 Å². The van der Waals surface area contributed by atoms with E-state index in [-0.39, 0.29) is 10.9 Å². The third-order valence-electron chi connectivity index (χ3n) is 3.00. The first kappa shape index (κ1) is 14.9. The fraction of sp³-hybridized carbons (Fsp3) is 0.429. The second kappa shape index (κ2) is 6.33. The SMILES string of the molecule is CC(C)CC(CN)c1nc(-c2ccc(F)cc2Cl)no1. The standard InChI is InChI=1S/C14H17ClFN3O/c1-8(2)5-9(7-17)14-18-13(19-20-14)11-4-3-10(16)6-12(11)15/h3-4,6,8-9H,5,7,17H2,1-2H3. The number of benzene rings is 1. The van der Waals surface area contributed by atoms with Crippen molar-refractivity contribution in [1.29, 1.82) is 0 Å². The Kier molecular flexibility index (Phi) is 4.73. The topological polar surface area (TPSA) is 64.9 Å². The molecular weight excluding hydrogens is 281 g/mol. The maximum Gasteiger partial charge on any atom is 0.231 e. The van der Waals surface area contributed by atoms with Crippen LogP contribution in [-0.4, -0.2) is 16.7 Å². The fourth-order valence-electron chi connectivity index (χ4n) is 2.05. The first-order valence-electron chi connectivity index (χ1n) is 6.50. The van der Waals surface area contributed by atoms with Gasteiger partial charge in [0.15, 0.2) is 0 Å². The minimum atomic E-state index is -0.401. The molecule has 0 amide bonds. The molecule has 2 N–H and O–H groups in total. The van der Waals surface area contributed by atoms with Crippen molar-refractivity contribution in [3.63, 3.8) is 0 Å². The molecule has 0 aliphatic rings.